The van der Waals surface area contributed by atoms with Gasteiger partial charge in [-0.1, -0.05) is 0 Å². The number of halogens is 3. The van der Waals surface area contributed by atoms with Crippen LogP contribution in [0.3, 0.4) is 0 Å². The summed E-state index contributed by atoms with van der Waals surface area (Å²) in [5.41, 5.74) is -1.49. The van der Waals surface area contributed by atoms with Crippen molar-refractivity contribution >= 4 is 11.9 Å². The molecule has 0 unspecified atom stereocenters. The fourth-order valence-electron chi connectivity index (χ4n) is 1.33. The minimum absolute atomic E-state index is 0.0630. The predicted octanol–water partition coefficient (Wildman–Crippen LogP) is 1.28. The van der Waals surface area contributed by atoms with E-state index in [-0.39, 0.29) is 6.54 Å². The van der Waals surface area contributed by atoms with Crippen LogP contribution in [-0.2, 0) is 14.3 Å². The van der Waals surface area contributed by atoms with E-state index in [4.69, 9.17) is 5.11 Å². The highest BCUT2D eigenvalue weighted by atomic mass is 19.4. The second kappa shape index (κ2) is 6.03. The second-order valence-electron chi connectivity index (χ2n) is 4.11. The van der Waals surface area contributed by atoms with E-state index < -0.39 is 36.8 Å². The number of aliphatic carboxylic acids is 1. The van der Waals surface area contributed by atoms with Gasteiger partial charge < -0.3 is 14.7 Å². The molecule has 0 saturated heterocycles. The van der Waals surface area contributed by atoms with Crippen LogP contribution in [0.2, 0.25) is 0 Å². The lowest BCUT2D eigenvalue weighted by atomic mass is 10.0. The predicted molar refractivity (Wildman–Crippen MR) is 56.0 cm³/mol. The molecule has 0 aliphatic rings. The van der Waals surface area contributed by atoms with E-state index in [0.717, 1.165) is 4.90 Å². The van der Waals surface area contributed by atoms with Crippen molar-refractivity contribution in [1.29, 1.82) is 0 Å². The molecule has 0 aromatic rings. The maximum atomic E-state index is 11.8. The molecule has 0 atom stereocenters. The fraction of sp³-hybridized carbons (Fsp3) is 0.800. The number of carboxylic acid groups (broad SMARTS) is 1. The van der Waals surface area contributed by atoms with Crippen LogP contribution in [0.5, 0.6) is 0 Å². The summed E-state index contributed by atoms with van der Waals surface area (Å²) >= 11 is 0. The maximum absolute atomic E-state index is 11.8. The average Bonchev–Trinajstić information content (AvgIpc) is 2.15. The number of alkyl halides is 3. The first-order valence-corrected chi connectivity index (χ1v) is 5.20. The van der Waals surface area contributed by atoms with Crippen LogP contribution in [0.15, 0.2) is 0 Å². The zero-order valence-corrected chi connectivity index (χ0v) is 10.4. The van der Waals surface area contributed by atoms with Crippen LogP contribution in [0.1, 0.15) is 20.8 Å². The number of hydrogen-bond donors (Lipinski definition) is 1. The van der Waals surface area contributed by atoms with Gasteiger partial charge in [-0.3, -0.25) is 4.79 Å². The van der Waals surface area contributed by atoms with Crippen molar-refractivity contribution in [3.63, 3.8) is 0 Å². The summed E-state index contributed by atoms with van der Waals surface area (Å²) in [6.07, 6.45) is -4.51. The Morgan fingerprint density at radius 2 is 1.78 bits per heavy atom. The Hall–Kier alpha value is -1.31. The summed E-state index contributed by atoms with van der Waals surface area (Å²) in [4.78, 5) is 23.5. The van der Waals surface area contributed by atoms with Crippen LogP contribution >= 0.6 is 0 Å². The molecule has 0 fully saturated rings. The van der Waals surface area contributed by atoms with Gasteiger partial charge >= 0.3 is 12.1 Å². The Balaban J connectivity index is 4.51. The van der Waals surface area contributed by atoms with Gasteiger partial charge in [0.05, 0.1) is 0 Å². The highest BCUT2D eigenvalue weighted by Gasteiger charge is 2.37. The Kier molecular flexibility index (Phi) is 5.59. The van der Waals surface area contributed by atoms with Crippen LogP contribution < -0.4 is 0 Å². The van der Waals surface area contributed by atoms with E-state index in [2.05, 4.69) is 4.74 Å². The first-order chi connectivity index (χ1) is 8.02. The third-order valence-corrected chi connectivity index (χ3v) is 2.31. The molecule has 0 saturated carbocycles. The molecular weight excluding hydrogens is 255 g/mol. The number of hydrogen-bond acceptors (Lipinski definition) is 3. The molecule has 0 heterocycles. The lowest BCUT2D eigenvalue weighted by Crippen LogP contribution is -2.54. The lowest BCUT2D eigenvalue weighted by molar-refractivity contribution is -0.180. The van der Waals surface area contributed by atoms with Gasteiger partial charge in [0.1, 0.15) is 18.8 Å². The van der Waals surface area contributed by atoms with Crippen molar-refractivity contribution in [2.75, 3.05) is 19.8 Å². The summed E-state index contributed by atoms with van der Waals surface area (Å²) in [6.45, 7) is 1.84. The molecule has 0 aliphatic heterocycles. The monoisotopic (exact) mass is 271 g/mol. The molecule has 1 amide bonds. The van der Waals surface area contributed by atoms with Crippen LogP contribution in [0.25, 0.3) is 0 Å². The standard InChI is InChI=1S/C10H16F3NO4/c1-4-14(9(2,3)8(16)17)7(15)5-18-6-10(11,12)13/h4-6H2,1-3H3,(H,16,17). The molecule has 0 radical (unpaired) electrons. The van der Waals surface area contributed by atoms with E-state index in [1.807, 2.05) is 0 Å². The summed E-state index contributed by atoms with van der Waals surface area (Å²) in [5.74, 6) is -2.04. The van der Waals surface area contributed by atoms with Crippen molar-refractivity contribution in [2.45, 2.75) is 32.5 Å². The van der Waals surface area contributed by atoms with E-state index in [1.165, 1.54) is 20.8 Å². The highest BCUT2D eigenvalue weighted by Crippen LogP contribution is 2.17. The summed E-state index contributed by atoms with van der Waals surface area (Å²) < 4.78 is 39.6. The SMILES string of the molecule is CCN(C(=O)COCC(F)(F)F)C(C)(C)C(=O)O. The zero-order valence-electron chi connectivity index (χ0n) is 10.4. The van der Waals surface area contributed by atoms with Crippen LogP contribution in [-0.4, -0.2) is 53.4 Å². The van der Waals surface area contributed by atoms with Crippen LogP contribution in [0.4, 0.5) is 13.2 Å². The van der Waals surface area contributed by atoms with Crippen molar-refractivity contribution < 1.29 is 32.6 Å². The minimum Gasteiger partial charge on any atom is -0.480 e. The Bertz CT molecular complexity index is 315. The zero-order chi connectivity index (χ0) is 14.6. The molecule has 0 aromatic heterocycles. The van der Waals surface area contributed by atoms with Crippen molar-refractivity contribution in [2.24, 2.45) is 0 Å². The number of rotatable bonds is 6. The number of ether oxygens (including phenoxy) is 1. The quantitative estimate of drug-likeness (QED) is 0.790. The Labute approximate surface area is 103 Å². The van der Waals surface area contributed by atoms with E-state index in [0.29, 0.717) is 0 Å². The summed E-state index contributed by atoms with van der Waals surface area (Å²) in [7, 11) is 0. The summed E-state index contributed by atoms with van der Waals surface area (Å²) in [6, 6.07) is 0. The molecule has 0 spiro atoms. The molecule has 0 rings (SSSR count). The smallest absolute Gasteiger partial charge is 0.411 e. The largest absolute Gasteiger partial charge is 0.480 e. The molecule has 0 aliphatic carbocycles. The minimum atomic E-state index is -4.51. The van der Waals surface area contributed by atoms with Gasteiger partial charge in [-0.25, -0.2) is 4.79 Å². The fourth-order valence-corrected chi connectivity index (χ4v) is 1.33. The topological polar surface area (TPSA) is 66.8 Å². The molecule has 0 bridgehead atoms. The van der Waals surface area contributed by atoms with Gasteiger partial charge in [0.15, 0.2) is 0 Å². The second-order valence-corrected chi connectivity index (χ2v) is 4.11. The van der Waals surface area contributed by atoms with E-state index in [1.54, 1.807) is 0 Å². The van der Waals surface area contributed by atoms with Crippen LogP contribution in [0, 0.1) is 0 Å². The normalized spacial score (nSPS) is 12.3. The number of amides is 1. The summed E-state index contributed by atoms with van der Waals surface area (Å²) in [5, 5.41) is 8.93. The molecular formula is C10H16F3NO4. The average molecular weight is 271 g/mol. The number of nitrogens with zero attached hydrogens (tertiary/aromatic N) is 1. The van der Waals surface area contributed by atoms with Gasteiger partial charge in [0.25, 0.3) is 0 Å². The number of carbonyl (C=O) groups excluding carboxylic acids is 1. The highest BCUT2D eigenvalue weighted by molar-refractivity contribution is 5.86. The van der Waals surface area contributed by atoms with Gasteiger partial charge in [0.2, 0.25) is 5.91 Å². The molecule has 0 aromatic carbocycles. The van der Waals surface area contributed by atoms with Crippen molar-refractivity contribution in [1.82, 2.24) is 4.90 Å². The van der Waals surface area contributed by atoms with E-state index in [9.17, 15) is 22.8 Å². The first kappa shape index (κ1) is 16.7. The molecule has 18 heavy (non-hydrogen) atoms. The van der Waals surface area contributed by atoms with E-state index >= 15 is 0 Å². The molecule has 1 N–H and O–H groups in total. The molecule has 5 nitrogen and oxygen atoms in total. The van der Waals surface area contributed by atoms with Crippen molar-refractivity contribution in [3.8, 4) is 0 Å². The maximum Gasteiger partial charge on any atom is 0.411 e. The van der Waals surface area contributed by atoms with Gasteiger partial charge in [-0.2, -0.15) is 13.2 Å². The lowest BCUT2D eigenvalue weighted by Gasteiger charge is -2.34. The molecule has 8 heteroatoms. The number of likely N-dealkylation sites (N-methyl/N-ethyl adjacent to an activating group) is 1. The molecule has 106 valence electrons. The third kappa shape index (κ3) is 4.91. The van der Waals surface area contributed by atoms with Crippen molar-refractivity contribution in [3.05, 3.63) is 0 Å². The Morgan fingerprint density at radius 1 is 1.28 bits per heavy atom. The number of carboxylic acids is 1. The Morgan fingerprint density at radius 3 is 2.11 bits per heavy atom. The first-order valence-electron chi connectivity index (χ1n) is 5.20. The van der Waals surface area contributed by atoms with Gasteiger partial charge in [-0.05, 0) is 20.8 Å². The third-order valence-electron chi connectivity index (χ3n) is 2.31. The van der Waals surface area contributed by atoms with Gasteiger partial charge in [0, 0.05) is 6.54 Å². The van der Waals surface area contributed by atoms with Gasteiger partial charge in [-0.15, -0.1) is 0 Å². The number of carbonyl (C=O) groups is 2.